The molecule has 2 rings (SSSR count). The molecule has 0 aromatic heterocycles. The van der Waals surface area contributed by atoms with Crippen LogP contribution in [-0.4, -0.2) is 72.3 Å². The second-order valence-corrected chi connectivity index (χ2v) is 7.61. The van der Waals surface area contributed by atoms with Gasteiger partial charge in [0.25, 0.3) is 0 Å². The zero-order valence-electron chi connectivity index (χ0n) is 17.5. The van der Waals surface area contributed by atoms with Gasteiger partial charge in [0.1, 0.15) is 0 Å². The van der Waals surface area contributed by atoms with Gasteiger partial charge in [0.05, 0.1) is 0 Å². The molecule has 0 aromatic carbocycles. The molecule has 2 amide bonds. The highest BCUT2D eigenvalue weighted by molar-refractivity contribution is 5.89. The van der Waals surface area contributed by atoms with E-state index in [1.54, 1.807) is 0 Å². The summed E-state index contributed by atoms with van der Waals surface area (Å²) in [5.74, 6) is -0.446. The second kappa shape index (κ2) is 12.6. The van der Waals surface area contributed by atoms with Crippen LogP contribution in [0.2, 0.25) is 0 Å². The predicted octanol–water partition coefficient (Wildman–Crippen LogP) is 1.72. The average molecular weight is 393 g/mol. The summed E-state index contributed by atoms with van der Waals surface area (Å²) in [5.41, 5.74) is 7.24. The molecule has 2 aliphatic rings. The Morgan fingerprint density at radius 1 is 0.750 bits per heavy atom. The molecule has 28 heavy (non-hydrogen) atoms. The number of piperidine rings is 2. The fraction of sp³-hybridized carbons (Fsp3) is 0.800. The smallest absolute Gasteiger partial charge is 0.240 e. The molecule has 0 spiro atoms. The molecule has 2 N–H and O–H groups in total. The van der Waals surface area contributed by atoms with Crippen LogP contribution < -0.4 is 10.9 Å². The zero-order valence-corrected chi connectivity index (χ0v) is 17.5. The van der Waals surface area contributed by atoms with Gasteiger partial charge < -0.3 is 9.80 Å². The molecule has 8 nitrogen and oxygen atoms in total. The van der Waals surface area contributed by atoms with Crippen LogP contribution >= 0.6 is 0 Å². The van der Waals surface area contributed by atoms with Crippen LogP contribution in [0.15, 0.2) is 10.2 Å². The van der Waals surface area contributed by atoms with E-state index in [-0.39, 0.29) is 24.7 Å². The molecule has 0 atom stereocenters. The third kappa shape index (κ3) is 8.48. The lowest BCUT2D eigenvalue weighted by Crippen LogP contribution is -2.35. The Labute approximate surface area is 168 Å². The van der Waals surface area contributed by atoms with Crippen molar-refractivity contribution in [3.63, 3.8) is 0 Å². The van der Waals surface area contributed by atoms with Crippen molar-refractivity contribution >= 4 is 23.2 Å². The van der Waals surface area contributed by atoms with Gasteiger partial charge in [0.15, 0.2) is 0 Å². The first-order valence-electron chi connectivity index (χ1n) is 10.7. The molecule has 0 bridgehead atoms. The average Bonchev–Trinajstić information content (AvgIpc) is 2.71. The van der Waals surface area contributed by atoms with Crippen molar-refractivity contribution in [1.29, 1.82) is 0 Å². The van der Waals surface area contributed by atoms with E-state index in [2.05, 4.69) is 44.7 Å². The summed E-state index contributed by atoms with van der Waals surface area (Å²) in [5, 5.41) is 8.45. The van der Waals surface area contributed by atoms with Gasteiger partial charge in [0.2, 0.25) is 11.8 Å². The number of hydrogen-bond acceptors (Lipinski definition) is 6. The molecule has 2 fully saturated rings. The van der Waals surface area contributed by atoms with Crippen LogP contribution in [0, 0.1) is 0 Å². The Kier molecular flexibility index (Phi) is 10.1. The molecule has 8 heteroatoms. The van der Waals surface area contributed by atoms with Crippen LogP contribution in [0.1, 0.15) is 65.2 Å². The minimum absolute atomic E-state index is 0.125. The Hall–Kier alpha value is -1.80. The van der Waals surface area contributed by atoms with Crippen molar-refractivity contribution in [2.75, 3.05) is 39.3 Å². The molecule has 0 unspecified atom stereocenters. The Balaban J connectivity index is 1.59. The van der Waals surface area contributed by atoms with Crippen LogP contribution in [0.3, 0.4) is 0 Å². The normalized spacial score (nSPS) is 18.6. The van der Waals surface area contributed by atoms with Gasteiger partial charge in [-0.1, -0.05) is 13.8 Å². The van der Waals surface area contributed by atoms with E-state index in [4.69, 9.17) is 0 Å². The van der Waals surface area contributed by atoms with Crippen molar-refractivity contribution in [2.45, 2.75) is 65.2 Å². The first-order valence-corrected chi connectivity index (χ1v) is 10.7. The second-order valence-electron chi connectivity index (χ2n) is 7.61. The van der Waals surface area contributed by atoms with Crippen molar-refractivity contribution in [3.8, 4) is 0 Å². The van der Waals surface area contributed by atoms with E-state index in [0.29, 0.717) is 0 Å². The van der Waals surface area contributed by atoms with Crippen LogP contribution in [0.5, 0.6) is 0 Å². The monoisotopic (exact) mass is 392 g/mol. The van der Waals surface area contributed by atoms with Gasteiger partial charge in [-0.05, 0) is 25.9 Å². The van der Waals surface area contributed by atoms with E-state index in [1.807, 2.05) is 0 Å². The lowest BCUT2D eigenvalue weighted by molar-refractivity contribution is -0.126. The highest BCUT2D eigenvalue weighted by Crippen LogP contribution is 2.08. The van der Waals surface area contributed by atoms with Crippen LogP contribution in [0.25, 0.3) is 0 Å². The molecule has 158 valence electrons. The summed E-state index contributed by atoms with van der Waals surface area (Å²) in [6, 6.07) is 0. The predicted molar refractivity (Wildman–Crippen MR) is 112 cm³/mol. The maximum absolute atomic E-state index is 11.9. The number of hydrazone groups is 2. The number of carbonyl (C=O) groups excluding carboxylic acids is 2. The first-order chi connectivity index (χ1) is 13.6. The number of nitrogens with one attached hydrogen (secondary N) is 2. The number of nitrogens with zero attached hydrogens (tertiary/aromatic N) is 4. The van der Waals surface area contributed by atoms with Crippen LogP contribution in [0.4, 0.5) is 0 Å². The molecular formula is C20H36N6O2. The summed E-state index contributed by atoms with van der Waals surface area (Å²) >= 11 is 0. The molecule has 2 saturated heterocycles. The Bertz CT molecular complexity index is 505. The number of amides is 2. The van der Waals surface area contributed by atoms with Gasteiger partial charge in [-0.15, -0.1) is 0 Å². The van der Waals surface area contributed by atoms with Crippen molar-refractivity contribution < 1.29 is 9.59 Å². The third-order valence-corrected chi connectivity index (χ3v) is 5.20. The summed E-state index contributed by atoms with van der Waals surface area (Å²) in [6.07, 6.45) is 6.16. The minimum Gasteiger partial charge on any atom is -0.303 e. The van der Waals surface area contributed by atoms with Gasteiger partial charge in [-0.25, -0.2) is 10.9 Å². The van der Waals surface area contributed by atoms with E-state index >= 15 is 0 Å². The Morgan fingerprint density at radius 2 is 1.11 bits per heavy atom. The maximum Gasteiger partial charge on any atom is 0.240 e. The minimum atomic E-state index is -0.223. The van der Waals surface area contributed by atoms with Crippen molar-refractivity contribution in [2.24, 2.45) is 10.2 Å². The van der Waals surface area contributed by atoms with Gasteiger partial charge in [0, 0.05) is 76.1 Å². The fourth-order valence-electron chi connectivity index (χ4n) is 3.55. The number of rotatable bonds is 9. The molecule has 2 aliphatic heterocycles. The summed E-state index contributed by atoms with van der Waals surface area (Å²) < 4.78 is 0. The zero-order chi connectivity index (χ0) is 20.2. The van der Waals surface area contributed by atoms with Gasteiger partial charge in [-0.2, -0.15) is 10.2 Å². The molecule has 0 aromatic rings. The maximum atomic E-state index is 11.9. The van der Waals surface area contributed by atoms with Crippen LogP contribution in [-0.2, 0) is 9.59 Å². The topological polar surface area (TPSA) is 89.4 Å². The SMILES string of the molecule is CCCN1CCC(=NNC(=O)CCC(=O)NN=C2CCN(CCC)CC2)CC1. The van der Waals surface area contributed by atoms with E-state index < -0.39 is 0 Å². The number of likely N-dealkylation sites (tertiary alicyclic amines) is 2. The number of hydrogen-bond donors (Lipinski definition) is 2. The molecule has 2 heterocycles. The third-order valence-electron chi connectivity index (χ3n) is 5.20. The fourth-order valence-corrected chi connectivity index (χ4v) is 3.55. The van der Waals surface area contributed by atoms with E-state index in [1.165, 1.54) is 0 Å². The lowest BCUT2D eigenvalue weighted by Gasteiger charge is -2.26. The van der Waals surface area contributed by atoms with E-state index in [0.717, 1.165) is 89.2 Å². The molecule has 0 radical (unpaired) electrons. The Morgan fingerprint density at radius 3 is 1.43 bits per heavy atom. The molecule has 0 saturated carbocycles. The molecular weight excluding hydrogens is 356 g/mol. The molecule has 0 aliphatic carbocycles. The summed E-state index contributed by atoms with van der Waals surface area (Å²) in [4.78, 5) is 28.7. The standard InChI is InChI=1S/C20H36N6O2/c1-3-11-25-13-7-17(8-14-25)21-23-19(27)5-6-20(28)24-22-18-9-15-26(12-4-2)16-10-18/h3-16H2,1-2H3,(H,23,27)(H,24,28). The van der Waals surface area contributed by atoms with Gasteiger partial charge in [-0.3, -0.25) is 9.59 Å². The summed E-state index contributed by atoms with van der Waals surface area (Å²) in [7, 11) is 0. The van der Waals surface area contributed by atoms with Crippen molar-refractivity contribution in [3.05, 3.63) is 0 Å². The van der Waals surface area contributed by atoms with Gasteiger partial charge >= 0.3 is 0 Å². The van der Waals surface area contributed by atoms with E-state index in [9.17, 15) is 9.59 Å². The lowest BCUT2D eigenvalue weighted by atomic mass is 10.1. The first kappa shape index (κ1) is 22.5. The highest BCUT2D eigenvalue weighted by atomic mass is 16.2. The largest absolute Gasteiger partial charge is 0.303 e. The van der Waals surface area contributed by atoms with Crippen molar-refractivity contribution in [1.82, 2.24) is 20.7 Å². The summed E-state index contributed by atoms with van der Waals surface area (Å²) in [6.45, 7) is 10.6. The quantitative estimate of drug-likeness (QED) is 0.585. The number of carbonyl (C=O) groups is 2. The highest BCUT2D eigenvalue weighted by Gasteiger charge is 2.16.